The van der Waals surface area contributed by atoms with Crippen LogP contribution in [0.3, 0.4) is 0 Å². The van der Waals surface area contributed by atoms with Gasteiger partial charge in [-0.05, 0) is 13.3 Å². The van der Waals surface area contributed by atoms with Crippen molar-refractivity contribution in [1.82, 2.24) is 16.0 Å². The van der Waals surface area contributed by atoms with Gasteiger partial charge in [0, 0.05) is 6.42 Å². The highest BCUT2D eigenvalue weighted by atomic mass is 16.4. The van der Waals surface area contributed by atoms with Crippen molar-refractivity contribution in [2.24, 2.45) is 5.73 Å². The van der Waals surface area contributed by atoms with E-state index in [0.29, 0.717) is 6.42 Å². The molecule has 0 aromatic heterocycles. The van der Waals surface area contributed by atoms with Crippen LogP contribution in [0.2, 0.25) is 0 Å². The van der Waals surface area contributed by atoms with Crippen LogP contribution in [0, 0.1) is 5.41 Å². The topological polar surface area (TPSA) is 178 Å². The van der Waals surface area contributed by atoms with Gasteiger partial charge >= 0.3 is 5.97 Å². The van der Waals surface area contributed by atoms with Gasteiger partial charge in [-0.15, -0.1) is 0 Å². The molecule has 0 heterocycles. The second kappa shape index (κ2) is 18.0. The molecule has 1 unspecified atom stereocenters. The molecule has 0 fully saturated rings. The maximum absolute atomic E-state index is 11.7. The van der Waals surface area contributed by atoms with E-state index in [9.17, 15) is 9.59 Å². The first-order valence-electron chi connectivity index (χ1n) is 9.68. The van der Waals surface area contributed by atoms with Crippen LogP contribution >= 0.6 is 0 Å². The fraction of sp³-hybridized carbons (Fsp3) is 0.778. The molecule has 0 aromatic carbocycles. The zero-order chi connectivity index (χ0) is 21.8. The summed E-state index contributed by atoms with van der Waals surface area (Å²) in [4.78, 5) is 31.3. The van der Waals surface area contributed by atoms with Crippen LogP contribution in [0.25, 0.3) is 0 Å². The molecule has 0 bridgehead atoms. The standard InChI is InChI=1S/C17H35N5O3.CH2O2/c1-3-4-5-6-7-8-9-10-11-12-14(23)20-13-21-17(2,15(24)25)22-16(18)19;2-1-3/h21H,3-13H2,1-2H3,(H,20,23)(H,24,25)(H4,18,19,22);1H,(H,2,3). The lowest BCUT2D eigenvalue weighted by Crippen LogP contribution is -2.64. The van der Waals surface area contributed by atoms with Gasteiger partial charge in [-0.25, -0.2) is 4.79 Å². The van der Waals surface area contributed by atoms with E-state index in [4.69, 9.17) is 26.2 Å². The van der Waals surface area contributed by atoms with Crippen molar-refractivity contribution in [1.29, 1.82) is 5.41 Å². The molecule has 1 atom stereocenters. The maximum atomic E-state index is 11.7. The summed E-state index contributed by atoms with van der Waals surface area (Å²) >= 11 is 0. The van der Waals surface area contributed by atoms with E-state index in [1.165, 1.54) is 45.4 Å². The van der Waals surface area contributed by atoms with Crippen LogP contribution < -0.4 is 21.7 Å². The van der Waals surface area contributed by atoms with Gasteiger partial charge in [-0.3, -0.25) is 20.3 Å². The normalized spacial score (nSPS) is 12.1. The first-order valence-corrected chi connectivity index (χ1v) is 9.68. The van der Waals surface area contributed by atoms with E-state index >= 15 is 0 Å². The lowest BCUT2D eigenvalue weighted by molar-refractivity contribution is -0.145. The van der Waals surface area contributed by atoms with Gasteiger partial charge in [0.2, 0.25) is 5.91 Å². The van der Waals surface area contributed by atoms with Crippen LogP contribution in [0.4, 0.5) is 0 Å². The third-order valence-electron chi connectivity index (χ3n) is 4.05. The monoisotopic (exact) mass is 403 g/mol. The molecule has 8 N–H and O–H groups in total. The van der Waals surface area contributed by atoms with E-state index in [0.717, 1.165) is 19.3 Å². The number of aliphatic carboxylic acids is 1. The lowest BCUT2D eigenvalue weighted by Gasteiger charge is -2.27. The largest absolute Gasteiger partial charge is 0.483 e. The molecule has 0 aromatic rings. The molecule has 28 heavy (non-hydrogen) atoms. The first kappa shape index (κ1) is 27.9. The number of carbonyl (C=O) groups is 3. The highest BCUT2D eigenvalue weighted by Gasteiger charge is 2.32. The smallest absolute Gasteiger partial charge is 0.344 e. The number of amides is 1. The fourth-order valence-corrected chi connectivity index (χ4v) is 2.45. The van der Waals surface area contributed by atoms with Crippen LogP contribution in [-0.4, -0.2) is 46.9 Å². The van der Waals surface area contributed by atoms with Gasteiger partial charge in [0.1, 0.15) is 0 Å². The average Bonchev–Trinajstić information content (AvgIpc) is 2.60. The summed E-state index contributed by atoms with van der Waals surface area (Å²) in [5.41, 5.74) is 3.57. The van der Waals surface area contributed by atoms with Crippen LogP contribution in [0.5, 0.6) is 0 Å². The van der Waals surface area contributed by atoms with Gasteiger partial charge in [-0.2, -0.15) is 0 Å². The molecule has 1 amide bonds. The zero-order valence-corrected chi connectivity index (χ0v) is 17.1. The Morgan fingerprint density at radius 3 is 1.96 bits per heavy atom. The Hall–Kier alpha value is -2.36. The number of nitrogens with one attached hydrogen (secondary N) is 4. The maximum Gasteiger partial charge on any atom is 0.344 e. The summed E-state index contributed by atoms with van der Waals surface area (Å²) in [7, 11) is 0. The van der Waals surface area contributed by atoms with Crippen molar-refractivity contribution in [2.45, 2.75) is 83.7 Å². The van der Waals surface area contributed by atoms with E-state index in [-0.39, 0.29) is 19.0 Å². The van der Waals surface area contributed by atoms with Gasteiger partial charge in [-0.1, -0.05) is 58.3 Å². The van der Waals surface area contributed by atoms with Crippen LogP contribution in [0.15, 0.2) is 0 Å². The Morgan fingerprint density at radius 2 is 1.54 bits per heavy atom. The van der Waals surface area contributed by atoms with Gasteiger partial charge in [0.25, 0.3) is 6.47 Å². The molecule has 10 nitrogen and oxygen atoms in total. The minimum Gasteiger partial charge on any atom is -0.483 e. The second-order valence-corrected chi connectivity index (χ2v) is 6.61. The van der Waals surface area contributed by atoms with E-state index in [1.807, 2.05) is 0 Å². The molecule has 0 saturated heterocycles. The number of nitrogens with two attached hydrogens (primary N) is 1. The number of carboxylic acids is 1. The van der Waals surface area contributed by atoms with Crippen molar-refractivity contribution in [3.63, 3.8) is 0 Å². The van der Waals surface area contributed by atoms with Gasteiger partial charge in [0.05, 0.1) is 6.67 Å². The average molecular weight is 404 g/mol. The Labute approximate surface area is 167 Å². The summed E-state index contributed by atoms with van der Waals surface area (Å²) in [5, 5.41) is 30.7. The van der Waals surface area contributed by atoms with Crippen molar-refractivity contribution < 1.29 is 24.6 Å². The third-order valence-corrected chi connectivity index (χ3v) is 4.05. The quantitative estimate of drug-likeness (QED) is 0.0707. The van der Waals surface area contributed by atoms with Crippen molar-refractivity contribution >= 4 is 24.3 Å². The molecule has 10 heteroatoms. The number of hydrogen-bond acceptors (Lipinski definition) is 5. The molecule has 0 aliphatic carbocycles. The van der Waals surface area contributed by atoms with E-state index in [2.05, 4.69) is 22.9 Å². The number of guanidine groups is 1. The Kier molecular flexibility index (Phi) is 17.9. The minimum absolute atomic E-state index is 0.0145. The van der Waals surface area contributed by atoms with E-state index in [1.54, 1.807) is 0 Å². The number of unbranched alkanes of at least 4 members (excludes halogenated alkanes) is 8. The summed E-state index contributed by atoms with van der Waals surface area (Å²) in [6.07, 6.45) is 11.1. The minimum atomic E-state index is -1.60. The number of rotatable bonds is 15. The first-order chi connectivity index (χ1) is 13.2. The Balaban J connectivity index is 0. The Morgan fingerprint density at radius 1 is 1.07 bits per heavy atom. The molecule has 0 aliphatic heterocycles. The highest BCUT2D eigenvalue weighted by Crippen LogP contribution is 2.10. The molecular weight excluding hydrogens is 366 g/mol. The Bertz CT molecular complexity index is 462. The molecule has 0 spiro atoms. The van der Waals surface area contributed by atoms with Crippen molar-refractivity contribution in [3.8, 4) is 0 Å². The molecule has 0 saturated carbocycles. The molecule has 0 radical (unpaired) electrons. The highest BCUT2D eigenvalue weighted by molar-refractivity contribution is 5.85. The number of hydrogen-bond donors (Lipinski definition) is 7. The predicted octanol–water partition coefficient (Wildman–Crippen LogP) is 1.56. The van der Waals surface area contributed by atoms with Crippen molar-refractivity contribution in [3.05, 3.63) is 0 Å². The fourth-order valence-electron chi connectivity index (χ4n) is 2.45. The summed E-state index contributed by atoms with van der Waals surface area (Å²) in [5.74, 6) is -1.79. The number of carbonyl (C=O) groups excluding carboxylic acids is 1. The van der Waals surface area contributed by atoms with Crippen LogP contribution in [-0.2, 0) is 14.4 Å². The lowest BCUT2D eigenvalue weighted by atomic mass is 10.1. The van der Waals surface area contributed by atoms with Crippen LogP contribution in [0.1, 0.15) is 78.1 Å². The predicted molar refractivity (Wildman–Crippen MR) is 108 cm³/mol. The third kappa shape index (κ3) is 17.1. The van der Waals surface area contributed by atoms with Gasteiger partial charge < -0.3 is 26.6 Å². The molecule has 164 valence electrons. The summed E-state index contributed by atoms with van der Waals surface area (Å²) < 4.78 is 0. The summed E-state index contributed by atoms with van der Waals surface area (Å²) in [6.45, 7) is 3.28. The van der Waals surface area contributed by atoms with Gasteiger partial charge in [0.15, 0.2) is 11.6 Å². The summed E-state index contributed by atoms with van der Waals surface area (Å²) in [6, 6.07) is 0. The SMILES string of the molecule is CCCCCCCCCCCC(=O)NCNC(C)(NC(=N)N)C(=O)O.O=CO. The molecule has 0 aliphatic rings. The molecular formula is C18H37N5O5. The second-order valence-electron chi connectivity index (χ2n) is 6.61. The zero-order valence-electron chi connectivity index (χ0n) is 17.1. The van der Waals surface area contributed by atoms with Crippen molar-refractivity contribution in [2.75, 3.05) is 6.67 Å². The molecule has 0 rings (SSSR count). The van der Waals surface area contributed by atoms with E-state index < -0.39 is 17.6 Å². The number of carboxylic acid groups (broad SMARTS) is 2.